The molecule has 1 aromatic heterocycles. The zero-order chi connectivity index (χ0) is 17.2. The molecule has 2 amide bonds. The average Bonchev–Trinajstić information content (AvgIpc) is 3.38. The minimum absolute atomic E-state index is 0.288. The molecule has 124 valence electrons. The van der Waals surface area contributed by atoms with E-state index in [0.29, 0.717) is 28.6 Å². The van der Waals surface area contributed by atoms with Crippen molar-refractivity contribution in [3.63, 3.8) is 0 Å². The van der Waals surface area contributed by atoms with E-state index in [2.05, 4.69) is 15.6 Å². The van der Waals surface area contributed by atoms with E-state index in [1.165, 1.54) is 0 Å². The van der Waals surface area contributed by atoms with Gasteiger partial charge in [-0.25, -0.2) is 0 Å². The lowest BCUT2D eigenvalue weighted by molar-refractivity contribution is -0.134. The maximum absolute atomic E-state index is 12.5. The molecule has 0 radical (unpaired) electrons. The molecule has 0 spiro atoms. The van der Waals surface area contributed by atoms with Gasteiger partial charge in [-0.1, -0.05) is 29.3 Å². The highest BCUT2D eigenvalue weighted by molar-refractivity contribution is 6.36. The van der Waals surface area contributed by atoms with Crippen molar-refractivity contribution >= 4 is 40.7 Å². The minimum Gasteiger partial charge on any atom is -0.350 e. The number of hydrogen-bond acceptors (Lipinski definition) is 3. The number of nitrogens with zero attached hydrogens (tertiary/aromatic N) is 1. The number of nitrogens with one attached hydrogen (secondary N) is 2. The number of anilines is 1. The highest BCUT2D eigenvalue weighted by atomic mass is 35.5. The molecule has 1 aromatic carbocycles. The summed E-state index contributed by atoms with van der Waals surface area (Å²) in [4.78, 5) is 29.1. The Labute approximate surface area is 149 Å². The molecular formula is C17H15Cl2N3O2. The van der Waals surface area contributed by atoms with Crippen molar-refractivity contribution in [3.05, 3.63) is 58.3 Å². The minimum atomic E-state index is -1.03. The van der Waals surface area contributed by atoms with Gasteiger partial charge in [0, 0.05) is 11.2 Å². The molecule has 1 aliphatic carbocycles. The van der Waals surface area contributed by atoms with E-state index in [4.69, 9.17) is 23.2 Å². The van der Waals surface area contributed by atoms with Gasteiger partial charge < -0.3 is 10.6 Å². The van der Waals surface area contributed by atoms with Gasteiger partial charge in [-0.15, -0.1) is 0 Å². The fraction of sp³-hybridized carbons (Fsp3) is 0.235. The maximum Gasteiger partial charge on any atom is 0.240 e. The Hall–Kier alpha value is -2.11. The van der Waals surface area contributed by atoms with Crippen molar-refractivity contribution in [2.24, 2.45) is 5.41 Å². The molecule has 0 atom stereocenters. The molecule has 0 saturated heterocycles. The number of benzene rings is 1. The molecule has 0 aliphatic heterocycles. The second-order valence-corrected chi connectivity index (χ2v) is 6.51. The van der Waals surface area contributed by atoms with Gasteiger partial charge in [0.25, 0.3) is 0 Å². The van der Waals surface area contributed by atoms with Crippen molar-refractivity contribution in [3.8, 4) is 0 Å². The van der Waals surface area contributed by atoms with Crippen LogP contribution in [0.5, 0.6) is 0 Å². The van der Waals surface area contributed by atoms with Crippen LogP contribution in [0.4, 0.5) is 5.69 Å². The maximum atomic E-state index is 12.5. The highest BCUT2D eigenvalue weighted by Gasteiger charge is 2.56. The molecule has 24 heavy (non-hydrogen) atoms. The van der Waals surface area contributed by atoms with Crippen LogP contribution in [0.25, 0.3) is 0 Å². The Morgan fingerprint density at radius 2 is 1.92 bits per heavy atom. The first kappa shape index (κ1) is 16.7. The predicted octanol–water partition coefficient (Wildman–Crippen LogP) is 3.42. The molecular weight excluding hydrogens is 349 g/mol. The smallest absolute Gasteiger partial charge is 0.240 e. The number of hydrogen-bond donors (Lipinski definition) is 2. The largest absolute Gasteiger partial charge is 0.350 e. The SMILES string of the molecule is O=C(NCc1ccccn1)C1(C(=O)Nc2ccc(Cl)cc2Cl)CC1. The van der Waals surface area contributed by atoms with Gasteiger partial charge in [-0.05, 0) is 43.2 Å². The highest BCUT2D eigenvalue weighted by Crippen LogP contribution is 2.47. The Balaban J connectivity index is 1.64. The first-order valence-corrected chi connectivity index (χ1v) is 8.21. The summed E-state index contributed by atoms with van der Waals surface area (Å²) in [7, 11) is 0. The van der Waals surface area contributed by atoms with Gasteiger partial charge in [0.15, 0.2) is 0 Å². The molecule has 5 nitrogen and oxygen atoms in total. The molecule has 1 heterocycles. The van der Waals surface area contributed by atoms with Crippen LogP contribution in [0.1, 0.15) is 18.5 Å². The van der Waals surface area contributed by atoms with Gasteiger partial charge in [-0.2, -0.15) is 0 Å². The monoisotopic (exact) mass is 363 g/mol. The third-order valence-electron chi connectivity index (χ3n) is 3.95. The third kappa shape index (κ3) is 3.52. The summed E-state index contributed by atoms with van der Waals surface area (Å²) >= 11 is 11.9. The molecule has 7 heteroatoms. The van der Waals surface area contributed by atoms with E-state index < -0.39 is 5.41 Å². The van der Waals surface area contributed by atoms with Crippen molar-refractivity contribution in [1.82, 2.24) is 10.3 Å². The van der Waals surface area contributed by atoms with E-state index in [-0.39, 0.29) is 18.4 Å². The Kier molecular flexibility index (Phi) is 4.73. The lowest BCUT2D eigenvalue weighted by Gasteiger charge is -2.16. The summed E-state index contributed by atoms with van der Waals surface area (Å²) in [5.74, 6) is -0.652. The molecule has 1 aliphatic rings. The lowest BCUT2D eigenvalue weighted by Crippen LogP contribution is -2.39. The molecule has 0 unspecified atom stereocenters. The normalized spacial score (nSPS) is 14.8. The van der Waals surface area contributed by atoms with Gasteiger partial charge in [0.2, 0.25) is 11.8 Å². The van der Waals surface area contributed by atoms with Crippen LogP contribution in [0, 0.1) is 5.41 Å². The van der Waals surface area contributed by atoms with E-state index in [0.717, 1.165) is 5.69 Å². The molecule has 3 rings (SSSR count). The van der Waals surface area contributed by atoms with Crippen LogP contribution in [0.15, 0.2) is 42.6 Å². The summed E-state index contributed by atoms with van der Waals surface area (Å²) in [6.45, 7) is 0.288. The van der Waals surface area contributed by atoms with Crippen LogP contribution < -0.4 is 10.6 Å². The van der Waals surface area contributed by atoms with Crippen LogP contribution in [-0.4, -0.2) is 16.8 Å². The zero-order valence-corrected chi connectivity index (χ0v) is 14.2. The fourth-order valence-corrected chi connectivity index (χ4v) is 2.81. The van der Waals surface area contributed by atoms with Crippen LogP contribution in [0.3, 0.4) is 0 Å². The topological polar surface area (TPSA) is 71.1 Å². The number of halogens is 2. The summed E-state index contributed by atoms with van der Waals surface area (Å²) in [5, 5.41) is 6.30. The number of carbonyl (C=O) groups is 2. The van der Waals surface area contributed by atoms with Crippen LogP contribution in [-0.2, 0) is 16.1 Å². The second-order valence-electron chi connectivity index (χ2n) is 5.66. The Bertz CT molecular complexity index is 777. The van der Waals surface area contributed by atoms with Crippen molar-refractivity contribution in [2.75, 3.05) is 5.32 Å². The Morgan fingerprint density at radius 3 is 2.54 bits per heavy atom. The van der Waals surface area contributed by atoms with Gasteiger partial charge in [0.1, 0.15) is 5.41 Å². The lowest BCUT2D eigenvalue weighted by atomic mass is 10.0. The first-order valence-electron chi connectivity index (χ1n) is 7.46. The molecule has 0 bridgehead atoms. The number of rotatable bonds is 5. The summed E-state index contributed by atoms with van der Waals surface area (Å²) in [5.41, 5.74) is 0.148. The molecule has 2 aromatic rings. The number of amides is 2. The summed E-state index contributed by atoms with van der Waals surface area (Å²) < 4.78 is 0. The van der Waals surface area contributed by atoms with E-state index >= 15 is 0 Å². The van der Waals surface area contributed by atoms with Gasteiger partial charge in [-0.3, -0.25) is 14.6 Å². The van der Waals surface area contributed by atoms with E-state index in [1.807, 2.05) is 12.1 Å². The van der Waals surface area contributed by atoms with Gasteiger partial charge >= 0.3 is 0 Å². The number of pyridine rings is 1. The second kappa shape index (κ2) is 6.79. The van der Waals surface area contributed by atoms with Crippen LogP contribution >= 0.6 is 23.2 Å². The average molecular weight is 364 g/mol. The fourth-order valence-electron chi connectivity index (χ4n) is 2.36. The summed E-state index contributed by atoms with van der Waals surface area (Å²) in [6.07, 6.45) is 2.68. The Morgan fingerprint density at radius 1 is 1.12 bits per heavy atom. The number of carbonyl (C=O) groups excluding carboxylic acids is 2. The predicted molar refractivity (Wildman–Crippen MR) is 92.8 cm³/mol. The van der Waals surface area contributed by atoms with E-state index in [1.54, 1.807) is 30.5 Å². The van der Waals surface area contributed by atoms with E-state index in [9.17, 15) is 9.59 Å². The number of aromatic nitrogens is 1. The molecule has 2 N–H and O–H groups in total. The quantitative estimate of drug-likeness (QED) is 0.799. The first-order chi connectivity index (χ1) is 11.5. The van der Waals surface area contributed by atoms with Crippen molar-refractivity contribution in [1.29, 1.82) is 0 Å². The third-order valence-corrected chi connectivity index (χ3v) is 4.50. The zero-order valence-electron chi connectivity index (χ0n) is 12.7. The summed E-state index contributed by atoms with van der Waals surface area (Å²) in [6, 6.07) is 10.2. The standard InChI is InChI=1S/C17H15Cl2N3O2/c18-11-4-5-14(13(19)9-11)22-16(24)17(6-7-17)15(23)21-10-12-3-1-2-8-20-12/h1-5,8-9H,6-7,10H2,(H,21,23)(H,22,24). The molecule has 1 fully saturated rings. The van der Waals surface area contributed by atoms with Crippen LogP contribution in [0.2, 0.25) is 10.0 Å². The molecule has 1 saturated carbocycles. The van der Waals surface area contributed by atoms with Crippen molar-refractivity contribution < 1.29 is 9.59 Å². The van der Waals surface area contributed by atoms with Crippen molar-refractivity contribution in [2.45, 2.75) is 19.4 Å². The van der Waals surface area contributed by atoms with Gasteiger partial charge in [0.05, 0.1) is 22.9 Å².